The van der Waals surface area contributed by atoms with Crippen molar-refractivity contribution in [3.63, 3.8) is 0 Å². The van der Waals surface area contributed by atoms with Gasteiger partial charge < -0.3 is 9.73 Å². The fraction of sp³-hybridized carbons (Fsp3) is 0.250. The summed E-state index contributed by atoms with van der Waals surface area (Å²) in [5.41, 5.74) is 0.840. The van der Waals surface area contributed by atoms with Gasteiger partial charge >= 0.3 is 0 Å². The maximum Gasteiger partial charge on any atom is 0.248 e. The van der Waals surface area contributed by atoms with Crippen molar-refractivity contribution in [3.8, 4) is 11.5 Å². The molecule has 19 heavy (non-hydrogen) atoms. The van der Waals surface area contributed by atoms with Gasteiger partial charge in [0.1, 0.15) is 0 Å². The summed E-state index contributed by atoms with van der Waals surface area (Å²) >= 11 is 3.43. The number of aromatic nitrogens is 2. The Morgan fingerprint density at radius 1 is 1.37 bits per heavy atom. The second-order valence-corrected chi connectivity index (χ2v) is 4.61. The van der Waals surface area contributed by atoms with Gasteiger partial charge in [-0.3, -0.25) is 10.1 Å². The Kier molecular flexibility index (Phi) is 4.64. The van der Waals surface area contributed by atoms with E-state index in [4.69, 9.17) is 4.42 Å². The molecule has 0 spiro atoms. The zero-order valence-electron chi connectivity index (χ0n) is 10.3. The maximum absolute atomic E-state index is 11.0. The van der Waals surface area contributed by atoms with Crippen LogP contribution in [0.4, 0.5) is 0 Å². The monoisotopic (exact) mass is 324 g/mol. The van der Waals surface area contributed by atoms with Crippen LogP contribution in [0.2, 0.25) is 0 Å². The van der Waals surface area contributed by atoms with E-state index in [1.54, 1.807) is 7.05 Å². The second kappa shape index (κ2) is 6.44. The molecule has 0 unspecified atom stereocenters. The molecular formula is C12H13BrN4O2. The number of hydrogen-bond acceptors (Lipinski definition) is 5. The molecule has 0 atom stereocenters. The first kappa shape index (κ1) is 13.7. The average molecular weight is 325 g/mol. The van der Waals surface area contributed by atoms with Crippen molar-refractivity contribution < 1.29 is 9.21 Å². The Morgan fingerprint density at radius 2 is 2.16 bits per heavy atom. The molecule has 2 N–H and O–H groups in total. The number of nitrogens with one attached hydrogen (secondary N) is 2. The Balaban J connectivity index is 2.00. The van der Waals surface area contributed by atoms with Gasteiger partial charge in [0.25, 0.3) is 0 Å². The molecule has 0 aliphatic heterocycles. The van der Waals surface area contributed by atoms with E-state index in [1.165, 1.54) is 0 Å². The maximum atomic E-state index is 11.0. The fourth-order valence-electron chi connectivity index (χ4n) is 1.44. The molecule has 0 fully saturated rings. The molecular weight excluding hydrogens is 312 g/mol. The molecule has 100 valence electrons. The van der Waals surface area contributed by atoms with Crippen molar-refractivity contribution in [2.45, 2.75) is 6.54 Å². The van der Waals surface area contributed by atoms with E-state index in [2.05, 4.69) is 36.8 Å². The number of carbonyl (C=O) groups is 1. The Bertz CT molecular complexity index is 570. The number of benzene rings is 1. The van der Waals surface area contributed by atoms with Crippen molar-refractivity contribution in [2.75, 3.05) is 13.6 Å². The number of likely N-dealkylation sites (N-methyl/N-ethyl adjacent to an activating group) is 1. The molecule has 0 aliphatic rings. The van der Waals surface area contributed by atoms with Crippen LogP contribution in [0.1, 0.15) is 5.89 Å². The van der Waals surface area contributed by atoms with Crippen molar-refractivity contribution in [3.05, 3.63) is 34.6 Å². The minimum absolute atomic E-state index is 0.0921. The van der Waals surface area contributed by atoms with Crippen molar-refractivity contribution >= 4 is 21.8 Å². The number of hydrogen-bond donors (Lipinski definition) is 2. The third kappa shape index (κ3) is 3.62. The van der Waals surface area contributed by atoms with E-state index in [9.17, 15) is 4.79 Å². The molecule has 0 saturated carbocycles. The van der Waals surface area contributed by atoms with Crippen LogP contribution in [0, 0.1) is 0 Å². The largest absolute Gasteiger partial charge is 0.419 e. The van der Waals surface area contributed by atoms with E-state index >= 15 is 0 Å². The highest BCUT2D eigenvalue weighted by Crippen LogP contribution is 2.26. The van der Waals surface area contributed by atoms with E-state index in [-0.39, 0.29) is 12.5 Å². The Morgan fingerprint density at radius 3 is 2.89 bits per heavy atom. The van der Waals surface area contributed by atoms with Gasteiger partial charge in [0.15, 0.2) is 0 Å². The molecule has 7 heteroatoms. The van der Waals surface area contributed by atoms with Crippen molar-refractivity contribution in [1.82, 2.24) is 20.8 Å². The predicted molar refractivity (Wildman–Crippen MR) is 73.2 cm³/mol. The lowest BCUT2D eigenvalue weighted by molar-refractivity contribution is -0.119. The molecule has 0 bridgehead atoms. The van der Waals surface area contributed by atoms with Crippen LogP contribution in [-0.4, -0.2) is 29.7 Å². The zero-order valence-corrected chi connectivity index (χ0v) is 11.9. The van der Waals surface area contributed by atoms with E-state index in [1.807, 2.05) is 24.3 Å². The minimum Gasteiger partial charge on any atom is -0.419 e. The van der Waals surface area contributed by atoms with Gasteiger partial charge in [-0.05, 0) is 28.1 Å². The summed E-state index contributed by atoms with van der Waals surface area (Å²) in [4.78, 5) is 11.0. The summed E-state index contributed by atoms with van der Waals surface area (Å²) < 4.78 is 6.41. The molecule has 0 aliphatic carbocycles. The highest BCUT2D eigenvalue weighted by atomic mass is 79.9. The summed E-state index contributed by atoms with van der Waals surface area (Å²) in [5.74, 6) is 0.796. The van der Waals surface area contributed by atoms with Crippen LogP contribution in [-0.2, 0) is 11.3 Å². The summed E-state index contributed by atoms with van der Waals surface area (Å²) in [7, 11) is 1.59. The summed E-state index contributed by atoms with van der Waals surface area (Å²) in [5, 5.41) is 13.3. The van der Waals surface area contributed by atoms with Gasteiger partial charge in [-0.25, -0.2) is 0 Å². The zero-order chi connectivity index (χ0) is 13.7. The summed E-state index contributed by atoms with van der Waals surface area (Å²) in [6, 6.07) is 7.60. The molecule has 1 amide bonds. The normalized spacial score (nSPS) is 10.4. The van der Waals surface area contributed by atoms with Crippen molar-refractivity contribution in [2.24, 2.45) is 0 Å². The molecule has 1 aromatic carbocycles. The van der Waals surface area contributed by atoms with Crippen LogP contribution < -0.4 is 10.6 Å². The molecule has 0 saturated heterocycles. The summed E-state index contributed by atoms with van der Waals surface area (Å²) in [6.45, 7) is 0.564. The Hall–Kier alpha value is -1.73. The van der Waals surface area contributed by atoms with Crippen LogP contribution in [0.3, 0.4) is 0 Å². The highest BCUT2D eigenvalue weighted by Gasteiger charge is 2.11. The van der Waals surface area contributed by atoms with Gasteiger partial charge in [0.2, 0.25) is 17.7 Å². The molecule has 1 aromatic heterocycles. The fourth-order valence-corrected chi connectivity index (χ4v) is 1.89. The molecule has 1 heterocycles. The first-order valence-corrected chi connectivity index (χ1v) is 6.48. The topological polar surface area (TPSA) is 80.0 Å². The third-order valence-electron chi connectivity index (χ3n) is 2.41. The van der Waals surface area contributed by atoms with Gasteiger partial charge in [-0.2, -0.15) is 0 Å². The predicted octanol–water partition coefficient (Wildman–Crippen LogP) is 1.33. The first-order valence-electron chi connectivity index (χ1n) is 5.69. The molecule has 6 nitrogen and oxygen atoms in total. The second-order valence-electron chi connectivity index (χ2n) is 3.76. The smallest absolute Gasteiger partial charge is 0.248 e. The number of rotatable bonds is 5. The number of halogens is 1. The number of amides is 1. The number of nitrogens with zero attached hydrogens (tertiary/aromatic N) is 2. The van der Waals surface area contributed by atoms with Crippen LogP contribution in [0.25, 0.3) is 11.5 Å². The van der Waals surface area contributed by atoms with Crippen LogP contribution in [0.15, 0.2) is 33.2 Å². The minimum atomic E-state index is -0.0921. The average Bonchev–Trinajstić information content (AvgIpc) is 2.87. The van der Waals surface area contributed by atoms with E-state index < -0.39 is 0 Å². The molecule has 0 radical (unpaired) electrons. The molecule has 2 aromatic rings. The lowest BCUT2D eigenvalue weighted by atomic mass is 10.2. The van der Waals surface area contributed by atoms with Gasteiger partial charge in [0, 0.05) is 11.5 Å². The van der Waals surface area contributed by atoms with Gasteiger partial charge in [0.05, 0.1) is 18.7 Å². The van der Waals surface area contributed by atoms with Gasteiger partial charge in [-0.1, -0.05) is 12.1 Å². The number of carbonyl (C=O) groups excluding carboxylic acids is 1. The van der Waals surface area contributed by atoms with Crippen LogP contribution >= 0.6 is 15.9 Å². The lowest BCUT2D eigenvalue weighted by Gasteiger charge is -2.00. The van der Waals surface area contributed by atoms with E-state index in [0.29, 0.717) is 18.3 Å². The summed E-state index contributed by atoms with van der Waals surface area (Å²) in [6.07, 6.45) is 0. The third-order valence-corrected chi connectivity index (χ3v) is 3.10. The lowest BCUT2D eigenvalue weighted by Crippen LogP contribution is -2.31. The quantitative estimate of drug-likeness (QED) is 0.867. The SMILES string of the molecule is CNC(=O)CNCc1nnc(-c2ccccc2Br)o1. The van der Waals surface area contributed by atoms with Crippen molar-refractivity contribution in [1.29, 1.82) is 0 Å². The van der Waals surface area contributed by atoms with Gasteiger partial charge in [-0.15, -0.1) is 10.2 Å². The standard InChI is InChI=1S/C12H13BrN4O2/c1-14-10(18)6-15-7-11-16-17-12(19-11)8-4-2-3-5-9(8)13/h2-5,15H,6-7H2,1H3,(H,14,18). The highest BCUT2D eigenvalue weighted by molar-refractivity contribution is 9.10. The van der Waals surface area contributed by atoms with Crippen LogP contribution in [0.5, 0.6) is 0 Å². The molecule has 2 rings (SSSR count). The first-order chi connectivity index (χ1) is 9.20. The Labute approximate surface area is 118 Å². The van der Waals surface area contributed by atoms with E-state index in [0.717, 1.165) is 10.0 Å².